The third kappa shape index (κ3) is 3.34. The largest absolute Gasteiger partial charge is 0.459 e. The van der Waals surface area contributed by atoms with Crippen LogP contribution in [0.25, 0.3) is 0 Å². The lowest BCUT2D eigenvalue weighted by Crippen LogP contribution is -2.50. The summed E-state index contributed by atoms with van der Waals surface area (Å²) < 4.78 is 24.2. The van der Waals surface area contributed by atoms with Crippen LogP contribution in [0.4, 0.5) is 10.3 Å². The van der Waals surface area contributed by atoms with Gasteiger partial charge in [0.05, 0.1) is 43.5 Å². The van der Waals surface area contributed by atoms with Gasteiger partial charge in [0.2, 0.25) is 5.95 Å². The van der Waals surface area contributed by atoms with Gasteiger partial charge in [-0.15, -0.1) is 0 Å². The van der Waals surface area contributed by atoms with Gasteiger partial charge in [-0.3, -0.25) is 4.79 Å². The Morgan fingerprint density at radius 1 is 1.40 bits per heavy atom. The molecule has 2 fully saturated rings. The minimum Gasteiger partial charge on any atom is -0.459 e. The number of carbonyl (C=O) groups is 1. The Balaban J connectivity index is 1.40. The summed E-state index contributed by atoms with van der Waals surface area (Å²) in [5.41, 5.74) is -0.363. The molecule has 0 bridgehead atoms. The molecule has 1 spiro atoms. The van der Waals surface area contributed by atoms with E-state index in [-0.39, 0.29) is 17.6 Å². The molecule has 2 atom stereocenters. The molecule has 4 heterocycles. The number of hydrogen-bond donors (Lipinski definition) is 1. The number of anilines is 1. The van der Waals surface area contributed by atoms with Crippen LogP contribution < -0.4 is 5.32 Å². The molecule has 25 heavy (non-hydrogen) atoms. The van der Waals surface area contributed by atoms with Crippen molar-refractivity contribution in [2.75, 3.05) is 25.0 Å². The molecular weight excluding hydrogens is 327 g/mol. The molecule has 2 aliphatic heterocycles. The van der Waals surface area contributed by atoms with Crippen LogP contribution in [0.15, 0.2) is 35.2 Å². The second kappa shape index (κ2) is 6.44. The monoisotopic (exact) mass is 346 g/mol. The predicted molar refractivity (Wildman–Crippen MR) is 86.5 cm³/mol. The van der Waals surface area contributed by atoms with Crippen LogP contribution in [0.2, 0.25) is 0 Å². The van der Waals surface area contributed by atoms with Crippen LogP contribution >= 0.6 is 0 Å². The number of nitrogens with one attached hydrogen (secondary N) is 1. The number of piperidine rings is 1. The number of carbonyl (C=O) groups excluding carboxylic acids is 1. The minimum atomic E-state index is -0.468. The van der Waals surface area contributed by atoms with Gasteiger partial charge in [0.15, 0.2) is 11.6 Å². The maximum atomic E-state index is 12.9. The summed E-state index contributed by atoms with van der Waals surface area (Å²) in [4.78, 5) is 22.1. The zero-order valence-corrected chi connectivity index (χ0v) is 13.7. The number of nitrogens with zero attached hydrogens (tertiary/aromatic N) is 3. The smallest absolute Gasteiger partial charge is 0.289 e. The number of halogens is 1. The van der Waals surface area contributed by atoms with Gasteiger partial charge in [-0.2, -0.15) is 0 Å². The van der Waals surface area contributed by atoms with E-state index in [0.717, 1.165) is 31.7 Å². The van der Waals surface area contributed by atoms with Crippen molar-refractivity contribution >= 4 is 11.9 Å². The van der Waals surface area contributed by atoms with Crippen molar-refractivity contribution in [3.05, 3.63) is 42.4 Å². The Labute approximate surface area is 144 Å². The third-order valence-corrected chi connectivity index (χ3v) is 4.72. The van der Waals surface area contributed by atoms with Crippen LogP contribution in [-0.2, 0) is 4.74 Å². The average Bonchev–Trinajstić information content (AvgIpc) is 3.27. The Morgan fingerprint density at radius 2 is 2.24 bits per heavy atom. The van der Waals surface area contributed by atoms with Gasteiger partial charge in [0.1, 0.15) is 0 Å². The molecule has 1 amide bonds. The molecule has 0 unspecified atom stereocenters. The highest BCUT2D eigenvalue weighted by Crippen LogP contribution is 2.36. The van der Waals surface area contributed by atoms with E-state index in [1.807, 2.05) is 0 Å². The number of ether oxygens (including phenoxy) is 1. The molecular formula is C17H19FN4O3. The van der Waals surface area contributed by atoms with Gasteiger partial charge >= 0.3 is 0 Å². The molecule has 0 saturated carbocycles. The summed E-state index contributed by atoms with van der Waals surface area (Å²) in [7, 11) is 0. The Hall–Kier alpha value is -2.48. The molecule has 7 nitrogen and oxygen atoms in total. The Morgan fingerprint density at radius 3 is 3.00 bits per heavy atom. The van der Waals surface area contributed by atoms with Gasteiger partial charge in [0.25, 0.3) is 5.91 Å². The van der Waals surface area contributed by atoms with Crippen molar-refractivity contribution in [1.82, 2.24) is 14.9 Å². The van der Waals surface area contributed by atoms with E-state index in [2.05, 4.69) is 15.3 Å². The topological polar surface area (TPSA) is 80.5 Å². The van der Waals surface area contributed by atoms with Crippen molar-refractivity contribution < 1.29 is 18.3 Å². The van der Waals surface area contributed by atoms with Crippen molar-refractivity contribution in [1.29, 1.82) is 0 Å². The van der Waals surface area contributed by atoms with Gasteiger partial charge in [0, 0.05) is 13.0 Å². The first-order valence-electron chi connectivity index (χ1n) is 8.34. The van der Waals surface area contributed by atoms with E-state index in [4.69, 9.17) is 9.15 Å². The summed E-state index contributed by atoms with van der Waals surface area (Å²) >= 11 is 0. The number of rotatable bonds is 3. The summed E-state index contributed by atoms with van der Waals surface area (Å²) in [5.74, 6) is 0.158. The number of likely N-dealkylation sites (tertiary alicyclic amines) is 1. The second-order valence-electron chi connectivity index (χ2n) is 6.57. The van der Waals surface area contributed by atoms with Crippen molar-refractivity contribution in [3.8, 4) is 0 Å². The summed E-state index contributed by atoms with van der Waals surface area (Å²) in [6.45, 7) is 1.74. The van der Waals surface area contributed by atoms with Crippen LogP contribution in [0.1, 0.15) is 29.8 Å². The van der Waals surface area contributed by atoms with Gasteiger partial charge in [-0.25, -0.2) is 14.4 Å². The lowest BCUT2D eigenvalue weighted by molar-refractivity contribution is -0.0452. The van der Waals surface area contributed by atoms with Crippen LogP contribution in [0.5, 0.6) is 0 Å². The molecule has 2 aliphatic rings. The fraction of sp³-hybridized carbons (Fsp3) is 0.471. The molecule has 4 rings (SSSR count). The first kappa shape index (κ1) is 16.0. The fourth-order valence-corrected chi connectivity index (χ4v) is 3.62. The maximum Gasteiger partial charge on any atom is 0.289 e. The maximum absolute atomic E-state index is 12.9. The first-order valence-corrected chi connectivity index (χ1v) is 8.34. The molecule has 0 radical (unpaired) electrons. The molecule has 1 N–H and O–H groups in total. The number of furan rings is 1. The van der Waals surface area contributed by atoms with E-state index in [0.29, 0.717) is 31.4 Å². The Bertz CT molecular complexity index is 737. The van der Waals surface area contributed by atoms with Crippen LogP contribution in [0, 0.1) is 5.82 Å². The lowest BCUT2D eigenvalue weighted by atomic mass is 9.88. The van der Waals surface area contributed by atoms with Crippen molar-refractivity contribution in [3.63, 3.8) is 0 Å². The highest BCUT2D eigenvalue weighted by molar-refractivity contribution is 5.91. The van der Waals surface area contributed by atoms with Gasteiger partial charge < -0.3 is 19.4 Å². The standard InChI is InChI=1S/C17H19FN4O3/c18-12-8-19-16(20-9-12)21-13-7-17(25-10-13)4-2-5-22(11-17)15(23)14-3-1-6-24-14/h1,3,6,8-9,13H,2,4-5,7,10-11H2,(H,19,20,21)/t13-,17+/m1/s1. The molecule has 0 aliphatic carbocycles. The van der Waals surface area contributed by atoms with Gasteiger partial charge in [-0.1, -0.05) is 0 Å². The highest BCUT2D eigenvalue weighted by atomic mass is 19.1. The molecule has 8 heteroatoms. The van der Waals surface area contributed by atoms with Crippen LogP contribution in [0.3, 0.4) is 0 Å². The van der Waals surface area contributed by atoms with E-state index < -0.39 is 5.82 Å². The minimum absolute atomic E-state index is 0.0316. The quantitative estimate of drug-likeness (QED) is 0.917. The van der Waals surface area contributed by atoms with Crippen LogP contribution in [-0.4, -0.2) is 52.1 Å². The molecule has 132 valence electrons. The fourth-order valence-electron chi connectivity index (χ4n) is 3.62. The zero-order chi connectivity index (χ0) is 17.3. The predicted octanol–water partition coefficient (Wildman–Crippen LogP) is 2.08. The lowest BCUT2D eigenvalue weighted by Gasteiger charge is -2.39. The molecule has 2 aromatic rings. The SMILES string of the molecule is O=C(c1ccco1)N1CCC[C@]2(C[C@@H](Nc3ncc(F)cn3)CO2)C1. The summed E-state index contributed by atoms with van der Waals surface area (Å²) in [6, 6.07) is 3.42. The number of hydrogen-bond acceptors (Lipinski definition) is 6. The molecule has 0 aromatic carbocycles. The summed E-state index contributed by atoms with van der Waals surface area (Å²) in [6.07, 6.45) is 6.29. The van der Waals surface area contributed by atoms with Crippen molar-refractivity contribution in [2.24, 2.45) is 0 Å². The average molecular weight is 346 g/mol. The van der Waals surface area contributed by atoms with E-state index in [1.54, 1.807) is 17.0 Å². The molecule has 2 aromatic heterocycles. The Kier molecular flexibility index (Phi) is 4.12. The molecule has 2 saturated heterocycles. The zero-order valence-electron chi connectivity index (χ0n) is 13.7. The highest BCUT2D eigenvalue weighted by Gasteiger charge is 2.45. The normalized spacial score (nSPS) is 26.1. The van der Waals surface area contributed by atoms with E-state index in [1.165, 1.54) is 6.26 Å². The van der Waals surface area contributed by atoms with Crippen molar-refractivity contribution in [2.45, 2.75) is 30.9 Å². The van der Waals surface area contributed by atoms with E-state index >= 15 is 0 Å². The first-order chi connectivity index (χ1) is 12.1. The number of aromatic nitrogens is 2. The van der Waals surface area contributed by atoms with E-state index in [9.17, 15) is 9.18 Å². The summed E-state index contributed by atoms with van der Waals surface area (Å²) in [5, 5.41) is 3.18. The van der Waals surface area contributed by atoms with Gasteiger partial charge in [-0.05, 0) is 25.0 Å². The second-order valence-corrected chi connectivity index (χ2v) is 6.57. The number of amides is 1. The third-order valence-electron chi connectivity index (χ3n) is 4.72.